The summed E-state index contributed by atoms with van der Waals surface area (Å²) >= 11 is 0. The summed E-state index contributed by atoms with van der Waals surface area (Å²) in [5, 5.41) is 8.38. The summed E-state index contributed by atoms with van der Waals surface area (Å²) in [6.07, 6.45) is -0.00389. The molecule has 0 aromatic heterocycles. The minimum atomic E-state index is -0.884. The summed E-state index contributed by atoms with van der Waals surface area (Å²) in [6.45, 7) is 3.12. The maximum absolute atomic E-state index is 10.7. The van der Waals surface area contributed by atoms with Gasteiger partial charge < -0.3 is 10.0 Å². The van der Waals surface area contributed by atoms with Crippen molar-refractivity contribution in [2.45, 2.75) is 26.3 Å². The van der Waals surface area contributed by atoms with Crippen molar-refractivity contribution in [1.82, 2.24) is 4.90 Å². The van der Waals surface area contributed by atoms with Crippen LogP contribution in [-0.4, -0.2) is 35.0 Å². The standard InChI is InChI=1S/C7H13NO3/c1-5(4-7(10)11)8(3)6(2)9/h5H,4H2,1-3H3,(H,10,11). The molecular formula is C7H13NO3. The first kappa shape index (κ1) is 9.94. The number of rotatable bonds is 3. The van der Waals surface area contributed by atoms with Gasteiger partial charge in [0.2, 0.25) is 5.91 Å². The molecule has 1 N–H and O–H groups in total. The molecule has 0 aromatic rings. The molecule has 0 bridgehead atoms. The minimum Gasteiger partial charge on any atom is -0.481 e. The highest BCUT2D eigenvalue weighted by atomic mass is 16.4. The van der Waals surface area contributed by atoms with Crippen LogP contribution in [0.4, 0.5) is 0 Å². The van der Waals surface area contributed by atoms with Gasteiger partial charge in [-0.05, 0) is 6.92 Å². The van der Waals surface area contributed by atoms with Gasteiger partial charge in [-0.3, -0.25) is 9.59 Å². The maximum atomic E-state index is 10.7. The van der Waals surface area contributed by atoms with E-state index in [2.05, 4.69) is 0 Å². The SMILES string of the molecule is CC(=O)N(C)C(C)CC(=O)O. The lowest BCUT2D eigenvalue weighted by molar-refractivity contribution is -0.139. The van der Waals surface area contributed by atoms with Gasteiger partial charge in [0.15, 0.2) is 0 Å². The lowest BCUT2D eigenvalue weighted by Crippen LogP contribution is -2.34. The van der Waals surface area contributed by atoms with Crippen LogP contribution in [0.5, 0.6) is 0 Å². The monoisotopic (exact) mass is 159 g/mol. The lowest BCUT2D eigenvalue weighted by Gasteiger charge is -2.21. The molecule has 1 amide bonds. The van der Waals surface area contributed by atoms with Crippen molar-refractivity contribution in [3.05, 3.63) is 0 Å². The second-order valence-electron chi connectivity index (χ2n) is 2.58. The van der Waals surface area contributed by atoms with E-state index in [4.69, 9.17) is 5.11 Å². The van der Waals surface area contributed by atoms with Crippen LogP contribution in [0, 0.1) is 0 Å². The molecule has 0 saturated heterocycles. The fraction of sp³-hybridized carbons (Fsp3) is 0.714. The van der Waals surface area contributed by atoms with E-state index in [1.807, 2.05) is 0 Å². The largest absolute Gasteiger partial charge is 0.481 e. The van der Waals surface area contributed by atoms with Crippen LogP contribution in [0.3, 0.4) is 0 Å². The highest BCUT2D eigenvalue weighted by Crippen LogP contribution is 2.00. The fourth-order valence-electron chi connectivity index (χ4n) is 0.700. The van der Waals surface area contributed by atoms with Crippen LogP contribution >= 0.6 is 0 Å². The number of carbonyl (C=O) groups excluding carboxylic acids is 1. The smallest absolute Gasteiger partial charge is 0.305 e. The Morgan fingerprint density at radius 3 is 2.27 bits per heavy atom. The van der Waals surface area contributed by atoms with Crippen molar-refractivity contribution < 1.29 is 14.7 Å². The predicted molar refractivity (Wildman–Crippen MR) is 40.2 cm³/mol. The molecule has 0 saturated carbocycles. The third kappa shape index (κ3) is 3.60. The Hall–Kier alpha value is -1.06. The highest BCUT2D eigenvalue weighted by Gasteiger charge is 2.14. The molecule has 0 heterocycles. The molecule has 0 aromatic carbocycles. The molecule has 1 atom stereocenters. The zero-order valence-corrected chi connectivity index (χ0v) is 7.00. The molecule has 0 rings (SSSR count). The first-order valence-electron chi connectivity index (χ1n) is 3.40. The van der Waals surface area contributed by atoms with E-state index in [9.17, 15) is 9.59 Å². The van der Waals surface area contributed by atoms with Crippen LogP contribution in [0.1, 0.15) is 20.3 Å². The van der Waals surface area contributed by atoms with E-state index < -0.39 is 5.97 Å². The Kier molecular flexibility index (Phi) is 3.57. The molecule has 0 aliphatic heterocycles. The maximum Gasteiger partial charge on any atom is 0.305 e. The average molecular weight is 159 g/mol. The van der Waals surface area contributed by atoms with E-state index in [1.165, 1.54) is 11.8 Å². The summed E-state index contributed by atoms with van der Waals surface area (Å²) in [5.41, 5.74) is 0. The Morgan fingerprint density at radius 2 is 2.00 bits per heavy atom. The van der Waals surface area contributed by atoms with E-state index >= 15 is 0 Å². The van der Waals surface area contributed by atoms with Gasteiger partial charge in [0, 0.05) is 20.0 Å². The van der Waals surface area contributed by atoms with Crippen molar-refractivity contribution >= 4 is 11.9 Å². The number of amides is 1. The Morgan fingerprint density at radius 1 is 1.55 bits per heavy atom. The van der Waals surface area contributed by atoms with Gasteiger partial charge in [-0.2, -0.15) is 0 Å². The van der Waals surface area contributed by atoms with Crippen molar-refractivity contribution in [3.8, 4) is 0 Å². The summed E-state index contributed by atoms with van der Waals surface area (Å²) < 4.78 is 0. The van der Waals surface area contributed by atoms with Crippen molar-refractivity contribution in [3.63, 3.8) is 0 Å². The number of aliphatic carboxylic acids is 1. The molecule has 0 fully saturated rings. The second-order valence-corrected chi connectivity index (χ2v) is 2.58. The van der Waals surface area contributed by atoms with Crippen molar-refractivity contribution in [1.29, 1.82) is 0 Å². The van der Waals surface area contributed by atoms with Gasteiger partial charge >= 0.3 is 5.97 Å². The van der Waals surface area contributed by atoms with Crippen LogP contribution in [0.2, 0.25) is 0 Å². The Bertz CT molecular complexity index is 167. The lowest BCUT2D eigenvalue weighted by atomic mass is 10.2. The van der Waals surface area contributed by atoms with Crippen LogP contribution in [0.25, 0.3) is 0 Å². The summed E-state index contributed by atoms with van der Waals surface area (Å²) in [4.78, 5) is 22.3. The Balaban J connectivity index is 3.92. The Labute approximate surface area is 65.8 Å². The first-order valence-corrected chi connectivity index (χ1v) is 3.40. The third-order valence-electron chi connectivity index (χ3n) is 1.63. The summed E-state index contributed by atoms with van der Waals surface area (Å²) in [7, 11) is 1.59. The molecular weight excluding hydrogens is 146 g/mol. The number of carbonyl (C=O) groups is 2. The van der Waals surface area contributed by atoms with E-state index in [0.717, 1.165) is 0 Å². The average Bonchev–Trinajstić information content (AvgIpc) is 1.84. The van der Waals surface area contributed by atoms with Crippen LogP contribution in [0.15, 0.2) is 0 Å². The zero-order valence-electron chi connectivity index (χ0n) is 7.00. The van der Waals surface area contributed by atoms with E-state index in [1.54, 1.807) is 14.0 Å². The molecule has 1 unspecified atom stereocenters. The van der Waals surface area contributed by atoms with Crippen LogP contribution < -0.4 is 0 Å². The van der Waals surface area contributed by atoms with Gasteiger partial charge in [-0.15, -0.1) is 0 Å². The van der Waals surface area contributed by atoms with Crippen LogP contribution in [-0.2, 0) is 9.59 Å². The first-order chi connectivity index (χ1) is 4.95. The minimum absolute atomic E-state index is 0.00389. The molecule has 64 valence electrons. The van der Waals surface area contributed by atoms with Gasteiger partial charge in [-0.1, -0.05) is 0 Å². The van der Waals surface area contributed by atoms with E-state index in [-0.39, 0.29) is 18.4 Å². The van der Waals surface area contributed by atoms with Gasteiger partial charge in [-0.25, -0.2) is 0 Å². The fourth-order valence-corrected chi connectivity index (χ4v) is 0.700. The molecule has 0 aliphatic rings. The van der Waals surface area contributed by atoms with Gasteiger partial charge in [0.25, 0.3) is 0 Å². The normalized spacial score (nSPS) is 12.3. The van der Waals surface area contributed by atoms with Crippen molar-refractivity contribution in [2.75, 3.05) is 7.05 Å². The second kappa shape index (κ2) is 3.95. The molecule has 0 radical (unpaired) electrons. The van der Waals surface area contributed by atoms with Crippen molar-refractivity contribution in [2.24, 2.45) is 0 Å². The molecule has 0 spiro atoms. The molecule has 0 aliphatic carbocycles. The summed E-state index contributed by atoms with van der Waals surface area (Å²) in [6, 6.07) is -0.231. The molecule has 11 heavy (non-hydrogen) atoms. The third-order valence-corrected chi connectivity index (χ3v) is 1.63. The molecule has 4 heteroatoms. The number of carboxylic acids is 1. The number of hydrogen-bond acceptors (Lipinski definition) is 2. The highest BCUT2D eigenvalue weighted by molar-refractivity contribution is 5.74. The molecule has 4 nitrogen and oxygen atoms in total. The zero-order chi connectivity index (χ0) is 9.02. The quantitative estimate of drug-likeness (QED) is 0.645. The summed E-state index contributed by atoms with van der Waals surface area (Å²) in [5.74, 6) is -0.996. The number of nitrogens with zero attached hydrogens (tertiary/aromatic N) is 1. The number of hydrogen-bond donors (Lipinski definition) is 1. The predicted octanol–water partition coefficient (Wildman–Crippen LogP) is 0.328. The topological polar surface area (TPSA) is 57.6 Å². The van der Waals surface area contributed by atoms with Gasteiger partial charge in [0.1, 0.15) is 0 Å². The number of carboxylic acid groups (broad SMARTS) is 1. The van der Waals surface area contributed by atoms with Gasteiger partial charge in [0.05, 0.1) is 6.42 Å². The van der Waals surface area contributed by atoms with E-state index in [0.29, 0.717) is 0 Å².